The number of nitrogens with zero attached hydrogens (tertiary/aromatic N) is 3. The fourth-order valence-electron chi connectivity index (χ4n) is 2.76. The van der Waals surface area contributed by atoms with Crippen LogP contribution in [0.15, 0.2) is 34.9 Å². The minimum Gasteiger partial charge on any atom is -0.233 e. The highest BCUT2D eigenvalue weighted by Crippen LogP contribution is 2.32. The van der Waals surface area contributed by atoms with Crippen molar-refractivity contribution >= 4 is 33.2 Å². The van der Waals surface area contributed by atoms with Crippen LogP contribution in [0.3, 0.4) is 0 Å². The van der Waals surface area contributed by atoms with Crippen LogP contribution in [0.4, 0.5) is 0 Å². The summed E-state index contributed by atoms with van der Waals surface area (Å²) in [7, 11) is 0. The summed E-state index contributed by atoms with van der Waals surface area (Å²) in [5.41, 5.74) is 5.25. The van der Waals surface area contributed by atoms with Gasteiger partial charge in [-0.2, -0.15) is 5.10 Å². The van der Waals surface area contributed by atoms with Gasteiger partial charge in [-0.25, -0.2) is 9.50 Å². The number of halogens is 2. The summed E-state index contributed by atoms with van der Waals surface area (Å²) in [5.74, 6) is 0. The molecule has 1 aromatic carbocycles. The monoisotopic (exact) mass is 347 g/mol. The van der Waals surface area contributed by atoms with Crippen molar-refractivity contribution < 1.29 is 0 Å². The quantitative estimate of drug-likeness (QED) is 0.614. The molecule has 1 aliphatic rings. The minimum atomic E-state index is 0.714. The highest BCUT2D eigenvalue weighted by Gasteiger charge is 2.21. The van der Waals surface area contributed by atoms with Crippen LogP contribution in [-0.4, -0.2) is 14.6 Å². The molecular weight excluding hydrogens is 338 g/mol. The lowest BCUT2D eigenvalue weighted by Crippen LogP contribution is -1.99. The Morgan fingerprint density at radius 3 is 2.75 bits per heavy atom. The van der Waals surface area contributed by atoms with Crippen LogP contribution in [0.5, 0.6) is 0 Å². The summed E-state index contributed by atoms with van der Waals surface area (Å²) in [5, 5.41) is 5.12. The third-order valence-electron chi connectivity index (χ3n) is 3.76. The Morgan fingerprint density at radius 1 is 1.15 bits per heavy atom. The molecule has 0 saturated carbocycles. The van der Waals surface area contributed by atoms with Crippen LogP contribution in [-0.2, 0) is 12.8 Å². The molecule has 2 heterocycles. The molecule has 3 aromatic rings. The smallest absolute Gasteiger partial charge is 0.164 e. The van der Waals surface area contributed by atoms with Crippen molar-refractivity contribution in [2.75, 3.05) is 0 Å². The van der Waals surface area contributed by atoms with Gasteiger partial charge in [0.2, 0.25) is 0 Å². The lowest BCUT2D eigenvalue weighted by atomic mass is 10.1. The lowest BCUT2D eigenvalue weighted by Gasteiger charge is -2.05. The zero-order valence-corrected chi connectivity index (χ0v) is 12.9. The number of hydrogen-bond acceptors (Lipinski definition) is 2. The number of rotatable bonds is 1. The van der Waals surface area contributed by atoms with E-state index in [4.69, 9.17) is 16.6 Å². The Bertz CT molecular complexity index is 808. The number of aromatic nitrogens is 3. The third kappa shape index (κ3) is 1.79. The van der Waals surface area contributed by atoms with Gasteiger partial charge in [0.25, 0.3) is 0 Å². The Balaban J connectivity index is 1.98. The van der Waals surface area contributed by atoms with Gasteiger partial charge in [0.15, 0.2) is 5.65 Å². The fourth-order valence-corrected chi connectivity index (χ4v) is 3.35. The summed E-state index contributed by atoms with van der Waals surface area (Å²) >= 11 is 9.92. The highest BCUT2D eigenvalue weighted by atomic mass is 79.9. The second kappa shape index (κ2) is 4.57. The number of aryl methyl sites for hydroxylation is 1. The maximum Gasteiger partial charge on any atom is 0.164 e. The average Bonchev–Trinajstić information content (AvgIpc) is 3.07. The average molecular weight is 349 g/mol. The van der Waals surface area contributed by atoms with Gasteiger partial charge in [0.1, 0.15) is 5.15 Å². The normalized spacial score (nSPS) is 13.9. The van der Waals surface area contributed by atoms with Crippen LogP contribution < -0.4 is 0 Å². The summed E-state index contributed by atoms with van der Waals surface area (Å²) in [6, 6.07) is 8.16. The van der Waals surface area contributed by atoms with Crippen molar-refractivity contribution in [2.45, 2.75) is 19.3 Å². The molecule has 0 fully saturated rings. The largest absolute Gasteiger partial charge is 0.233 e. The van der Waals surface area contributed by atoms with Crippen molar-refractivity contribution in [2.24, 2.45) is 0 Å². The standard InChI is InChI=1S/C15H11BrClN3/c16-10-6-4-9(5-7-10)12-8-18-20-14(17)11-2-1-3-13(11)19-15(12)20/h4-8H,1-3H2. The van der Waals surface area contributed by atoms with Crippen LogP contribution >= 0.6 is 27.5 Å². The molecule has 0 bridgehead atoms. The SMILES string of the molecule is Clc1c2c(nc3c(-c4ccc(Br)cc4)cnn13)CCC2. The summed E-state index contributed by atoms with van der Waals surface area (Å²) in [6.07, 6.45) is 4.98. The van der Waals surface area contributed by atoms with Crippen molar-refractivity contribution in [3.05, 3.63) is 51.3 Å². The van der Waals surface area contributed by atoms with Crippen molar-refractivity contribution in [1.82, 2.24) is 14.6 Å². The summed E-state index contributed by atoms with van der Waals surface area (Å²) in [4.78, 5) is 4.78. The second-order valence-electron chi connectivity index (χ2n) is 4.98. The lowest BCUT2D eigenvalue weighted by molar-refractivity contribution is 0.900. The molecule has 20 heavy (non-hydrogen) atoms. The zero-order valence-electron chi connectivity index (χ0n) is 10.6. The van der Waals surface area contributed by atoms with E-state index >= 15 is 0 Å². The Kier molecular flexibility index (Phi) is 2.82. The first kappa shape index (κ1) is 12.4. The molecule has 0 radical (unpaired) electrons. The first-order chi connectivity index (χ1) is 9.74. The maximum absolute atomic E-state index is 6.47. The second-order valence-corrected chi connectivity index (χ2v) is 6.26. The molecular formula is C15H11BrClN3. The van der Waals surface area contributed by atoms with E-state index in [2.05, 4.69) is 33.2 Å². The number of benzene rings is 1. The number of fused-ring (bicyclic) bond motifs is 2. The molecule has 0 spiro atoms. The predicted octanol–water partition coefficient (Wildman–Crippen LogP) is 4.30. The van der Waals surface area contributed by atoms with Crippen LogP contribution in [0.25, 0.3) is 16.8 Å². The Labute approximate surface area is 129 Å². The highest BCUT2D eigenvalue weighted by molar-refractivity contribution is 9.10. The molecule has 0 N–H and O–H groups in total. The van der Waals surface area contributed by atoms with Gasteiger partial charge in [0.05, 0.1) is 6.20 Å². The molecule has 5 heteroatoms. The molecule has 100 valence electrons. The molecule has 1 aliphatic carbocycles. The van der Waals surface area contributed by atoms with Gasteiger partial charge in [-0.3, -0.25) is 0 Å². The van der Waals surface area contributed by atoms with Crippen molar-refractivity contribution in [3.63, 3.8) is 0 Å². The molecule has 0 saturated heterocycles. The van der Waals surface area contributed by atoms with Gasteiger partial charge in [0, 0.05) is 21.3 Å². The van der Waals surface area contributed by atoms with E-state index in [9.17, 15) is 0 Å². The molecule has 4 rings (SSSR count). The van der Waals surface area contributed by atoms with E-state index < -0.39 is 0 Å². The van der Waals surface area contributed by atoms with E-state index in [0.717, 1.165) is 51.8 Å². The van der Waals surface area contributed by atoms with Gasteiger partial charge in [-0.05, 0) is 37.0 Å². The van der Waals surface area contributed by atoms with E-state index in [0.29, 0.717) is 5.15 Å². The van der Waals surface area contributed by atoms with Crippen molar-refractivity contribution in [1.29, 1.82) is 0 Å². The van der Waals surface area contributed by atoms with Crippen molar-refractivity contribution in [3.8, 4) is 11.1 Å². The van der Waals surface area contributed by atoms with Crippen LogP contribution in [0.2, 0.25) is 5.15 Å². The van der Waals surface area contributed by atoms with Crippen LogP contribution in [0, 0.1) is 0 Å². The molecule has 2 aromatic heterocycles. The first-order valence-electron chi connectivity index (χ1n) is 6.55. The van der Waals surface area contributed by atoms with E-state index in [-0.39, 0.29) is 0 Å². The molecule has 0 atom stereocenters. The predicted molar refractivity (Wildman–Crippen MR) is 83.2 cm³/mol. The molecule has 0 amide bonds. The molecule has 3 nitrogen and oxygen atoms in total. The van der Waals surface area contributed by atoms with Crippen LogP contribution in [0.1, 0.15) is 17.7 Å². The fraction of sp³-hybridized carbons (Fsp3) is 0.200. The number of hydrogen-bond donors (Lipinski definition) is 0. The van der Waals surface area contributed by atoms with E-state index in [1.807, 2.05) is 18.3 Å². The molecule has 0 aliphatic heterocycles. The van der Waals surface area contributed by atoms with Gasteiger partial charge < -0.3 is 0 Å². The third-order valence-corrected chi connectivity index (χ3v) is 4.68. The van der Waals surface area contributed by atoms with Gasteiger partial charge in [-0.15, -0.1) is 0 Å². The summed E-state index contributed by atoms with van der Waals surface area (Å²) < 4.78 is 2.81. The summed E-state index contributed by atoms with van der Waals surface area (Å²) in [6.45, 7) is 0. The Morgan fingerprint density at radius 2 is 1.95 bits per heavy atom. The van der Waals surface area contributed by atoms with E-state index in [1.165, 1.54) is 0 Å². The minimum absolute atomic E-state index is 0.714. The Hall–Kier alpha value is -1.39. The van der Waals surface area contributed by atoms with Gasteiger partial charge >= 0.3 is 0 Å². The zero-order chi connectivity index (χ0) is 13.7. The molecule has 0 unspecified atom stereocenters. The van der Waals surface area contributed by atoms with E-state index in [1.54, 1.807) is 4.52 Å². The topological polar surface area (TPSA) is 30.2 Å². The first-order valence-corrected chi connectivity index (χ1v) is 7.72. The maximum atomic E-state index is 6.47. The van der Waals surface area contributed by atoms with Gasteiger partial charge in [-0.1, -0.05) is 39.7 Å².